The zero-order chi connectivity index (χ0) is 16.4. The summed E-state index contributed by atoms with van der Waals surface area (Å²) in [6.45, 7) is 1.92. The Kier molecular flexibility index (Phi) is 3.93. The van der Waals surface area contributed by atoms with E-state index in [-0.39, 0.29) is 23.2 Å². The number of H-pyrrole nitrogens is 1. The average Bonchev–Trinajstić information content (AvgIpc) is 2.60. The van der Waals surface area contributed by atoms with Gasteiger partial charge in [0.2, 0.25) is 0 Å². The number of fused-ring (bicyclic) bond motifs is 1. The van der Waals surface area contributed by atoms with Crippen molar-refractivity contribution in [2.24, 2.45) is 0 Å². The smallest absolute Gasteiger partial charge is 0.270 e. The number of nitrogens with zero attached hydrogens (tertiary/aromatic N) is 2. The molecule has 5 nitrogen and oxygen atoms in total. The lowest BCUT2D eigenvalue weighted by Gasteiger charge is -2.25. The topological polar surface area (TPSA) is 66.1 Å². The van der Waals surface area contributed by atoms with E-state index < -0.39 is 0 Å². The Morgan fingerprint density at radius 3 is 2.74 bits per heavy atom. The van der Waals surface area contributed by atoms with Crippen molar-refractivity contribution in [3.63, 3.8) is 0 Å². The van der Waals surface area contributed by atoms with E-state index in [4.69, 9.17) is 0 Å². The number of benzene rings is 1. The minimum absolute atomic E-state index is 0.147. The maximum atomic E-state index is 12.7. The molecule has 5 heteroatoms. The highest BCUT2D eigenvalue weighted by molar-refractivity contribution is 5.96. The molecule has 0 aliphatic carbocycles. The van der Waals surface area contributed by atoms with Crippen molar-refractivity contribution in [3.8, 4) is 0 Å². The fourth-order valence-corrected chi connectivity index (χ4v) is 2.54. The van der Waals surface area contributed by atoms with Gasteiger partial charge < -0.3 is 9.88 Å². The molecule has 1 aromatic carbocycles. The Labute approximate surface area is 133 Å². The zero-order valence-electron chi connectivity index (χ0n) is 13.0. The van der Waals surface area contributed by atoms with Gasteiger partial charge in [0, 0.05) is 24.8 Å². The summed E-state index contributed by atoms with van der Waals surface area (Å²) in [5, 5.41) is 1.33. The van der Waals surface area contributed by atoms with Crippen molar-refractivity contribution in [3.05, 3.63) is 76.5 Å². The predicted molar refractivity (Wildman–Crippen MR) is 89.3 cm³/mol. The molecule has 2 aromatic heterocycles. The first-order valence-corrected chi connectivity index (χ1v) is 7.37. The van der Waals surface area contributed by atoms with Gasteiger partial charge in [0.1, 0.15) is 5.69 Å². The van der Waals surface area contributed by atoms with E-state index in [1.807, 2.05) is 31.2 Å². The second-order valence-corrected chi connectivity index (χ2v) is 5.48. The Hall–Kier alpha value is -2.95. The van der Waals surface area contributed by atoms with Crippen molar-refractivity contribution in [1.29, 1.82) is 0 Å². The summed E-state index contributed by atoms with van der Waals surface area (Å²) in [5.74, 6) is -0.232. The Morgan fingerprint density at radius 1 is 1.22 bits per heavy atom. The molecule has 0 radical (unpaired) electrons. The lowest BCUT2D eigenvalue weighted by Crippen LogP contribution is -2.31. The fourth-order valence-electron chi connectivity index (χ4n) is 2.54. The Morgan fingerprint density at radius 2 is 2.00 bits per heavy atom. The number of rotatable bonds is 3. The molecule has 23 heavy (non-hydrogen) atoms. The lowest BCUT2D eigenvalue weighted by molar-refractivity contribution is 0.0736. The number of amides is 1. The third kappa shape index (κ3) is 2.85. The highest BCUT2D eigenvalue weighted by atomic mass is 16.2. The number of hydrogen-bond donors (Lipinski definition) is 1. The van der Waals surface area contributed by atoms with Crippen LogP contribution in [0.5, 0.6) is 0 Å². The minimum atomic E-state index is -0.256. The first kappa shape index (κ1) is 15.0. The van der Waals surface area contributed by atoms with Gasteiger partial charge >= 0.3 is 0 Å². The molecular weight excluding hydrogens is 290 g/mol. The van der Waals surface area contributed by atoms with Crippen LogP contribution in [0.4, 0.5) is 0 Å². The maximum Gasteiger partial charge on any atom is 0.270 e. The highest BCUT2D eigenvalue weighted by Gasteiger charge is 2.20. The molecule has 1 amide bonds. The summed E-state index contributed by atoms with van der Waals surface area (Å²) in [4.78, 5) is 33.2. The van der Waals surface area contributed by atoms with Crippen LogP contribution in [-0.4, -0.2) is 27.8 Å². The van der Waals surface area contributed by atoms with E-state index in [1.54, 1.807) is 42.5 Å². The highest BCUT2D eigenvalue weighted by Crippen LogP contribution is 2.20. The van der Waals surface area contributed by atoms with Crippen LogP contribution < -0.4 is 5.56 Å². The van der Waals surface area contributed by atoms with Gasteiger partial charge in [-0.05, 0) is 36.1 Å². The van der Waals surface area contributed by atoms with Gasteiger partial charge in [-0.1, -0.05) is 24.3 Å². The van der Waals surface area contributed by atoms with Crippen LogP contribution in [0, 0.1) is 0 Å². The normalized spacial score (nSPS) is 12.1. The van der Waals surface area contributed by atoms with Crippen molar-refractivity contribution in [2.45, 2.75) is 13.0 Å². The summed E-state index contributed by atoms with van der Waals surface area (Å²) in [6.07, 6.45) is 3.43. The lowest BCUT2D eigenvalue weighted by atomic mass is 10.1. The number of aromatic nitrogens is 2. The number of aromatic amines is 1. The molecule has 2 heterocycles. The van der Waals surface area contributed by atoms with Gasteiger partial charge in [-0.25, -0.2) is 0 Å². The van der Waals surface area contributed by atoms with Gasteiger partial charge in [-0.2, -0.15) is 0 Å². The first-order chi connectivity index (χ1) is 11.1. The summed E-state index contributed by atoms with van der Waals surface area (Å²) in [5.41, 5.74) is 0.965. The maximum absolute atomic E-state index is 12.7. The van der Waals surface area contributed by atoms with Crippen LogP contribution >= 0.6 is 0 Å². The van der Waals surface area contributed by atoms with E-state index >= 15 is 0 Å². The number of carbonyl (C=O) groups is 1. The molecule has 1 atom stereocenters. The van der Waals surface area contributed by atoms with E-state index in [9.17, 15) is 9.59 Å². The molecule has 0 saturated carbocycles. The van der Waals surface area contributed by atoms with E-state index in [2.05, 4.69) is 9.97 Å². The number of nitrogens with one attached hydrogen (secondary N) is 1. The quantitative estimate of drug-likeness (QED) is 0.809. The standard InChI is InChI=1S/C18H17N3O2/c1-12(14-7-5-9-19-11-14)21(2)18(23)16-10-13-6-3-4-8-15(13)17(22)20-16/h3-12H,1-2H3,(H,20,22)/t12-/m0/s1. The summed E-state index contributed by atoms with van der Waals surface area (Å²) < 4.78 is 0. The molecule has 1 N–H and O–H groups in total. The first-order valence-electron chi connectivity index (χ1n) is 7.37. The molecule has 116 valence electrons. The van der Waals surface area contributed by atoms with Gasteiger partial charge in [-0.15, -0.1) is 0 Å². The Balaban J connectivity index is 1.95. The molecule has 0 aliphatic rings. The summed E-state index contributed by atoms with van der Waals surface area (Å²) in [7, 11) is 1.72. The number of pyridine rings is 2. The second kappa shape index (κ2) is 6.04. The van der Waals surface area contributed by atoms with Gasteiger partial charge in [-0.3, -0.25) is 14.6 Å². The van der Waals surface area contributed by atoms with Crippen molar-refractivity contribution in [1.82, 2.24) is 14.9 Å². The van der Waals surface area contributed by atoms with Crippen molar-refractivity contribution >= 4 is 16.7 Å². The zero-order valence-corrected chi connectivity index (χ0v) is 13.0. The predicted octanol–water partition coefficient (Wildman–Crippen LogP) is 2.76. The molecule has 0 unspecified atom stereocenters. The molecule has 0 bridgehead atoms. The van der Waals surface area contributed by atoms with Crippen LogP contribution in [0.25, 0.3) is 10.8 Å². The fraction of sp³-hybridized carbons (Fsp3) is 0.167. The van der Waals surface area contributed by atoms with Crippen LogP contribution in [0.1, 0.15) is 29.0 Å². The number of carbonyl (C=O) groups excluding carboxylic acids is 1. The van der Waals surface area contributed by atoms with Crippen LogP contribution in [0.3, 0.4) is 0 Å². The average molecular weight is 307 g/mol. The van der Waals surface area contributed by atoms with Crippen molar-refractivity contribution < 1.29 is 4.79 Å². The second-order valence-electron chi connectivity index (χ2n) is 5.48. The monoisotopic (exact) mass is 307 g/mol. The van der Waals surface area contributed by atoms with Gasteiger partial charge in [0.05, 0.1) is 6.04 Å². The molecule has 0 aliphatic heterocycles. The molecule has 0 saturated heterocycles. The van der Waals surface area contributed by atoms with Gasteiger partial charge in [0.25, 0.3) is 11.5 Å². The Bertz CT molecular complexity index is 903. The van der Waals surface area contributed by atoms with Gasteiger partial charge in [0.15, 0.2) is 0 Å². The van der Waals surface area contributed by atoms with E-state index in [0.717, 1.165) is 10.9 Å². The van der Waals surface area contributed by atoms with Crippen LogP contribution in [0.2, 0.25) is 0 Å². The minimum Gasteiger partial charge on any atom is -0.334 e. The molecule has 0 spiro atoms. The van der Waals surface area contributed by atoms with Crippen LogP contribution in [-0.2, 0) is 0 Å². The molecule has 3 rings (SSSR count). The SMILES string of the molecule is C[C@@H](c1cccnc1)N(C)C(=O)c1cc2ccccc2c(=O)[nH]1. The van der Waals surface area contributed by atoms with Crippen molar-refractivity contribution in [2.75, 3.05) is 7.05 Å². The third-order valence-electron chi connectivity index (χ3n) is 4.05. The molecule has 0 fully saturated rings. The third-order valence-corrected chi connectivity index (χ3v) is 4.05. The summed E-state index contributed by atoms with van der Waals surface area (Å²) >= 11 is 0. The largest absolute Gasteiger partial charge is 0.334 e. The van der Waals surface area contributed by atoms with E-state index in [0.29, 0.717) is 5.39 Å². The summed E-state index contributed by atoms with van der Waals surface area (Å²) in [6, 6.07) is 12.5. The molecule has 3 aromatic rings. The van der Waals surface area contributed by atoms with Crippen LogP contribution in [0.15, 0.2) is 59.7 Å². The van der Waals surface area contributed by atoms with E-state index in [1.165, 1.54) is 0 Å². The molecular formula is C18H17N3O2. The number of hydrogen-bond acceptors (Lipinski definition) is 3.